The molecule has 0 fully saturated rings. The summed E-state index contributed by atoms with van der Waals surface area (Å²) >= 11 is 3.09. The topological polar surface area (TPSA) is 73.8 Å². The minimum Gasteiger partial charge on any atom is -0.334 e. The molecule has 0 radical (unpaired) electrons. The third-order valence-electron chi connectivity index (χ3n) is 4.47. The molecule has 4 aromatic heterocycles. The predicted octanol–water partition coefficient (Wildman–Crippen LogP) is 4.59. The van der Waals surface area contributed by atoms with Gasteiger partial charge in [0.05, 0.1) is 23.8 Å². The molecule has 0 atom stereocenters. The van der Waals surface area contributed by atoms with Crippen LogP contribution in [-0.2, 0) is 6.54 Å². The normalized spacial score (nSPS) is 11.3. The lowest BCUT2D eigenvalue weighted by Crippen LogP contribution is -2.21. The SMILES string of the molecule is Cc1sc2ncn(Cc3noc(-c4ccsc4)n3)c(=O)c2c1-c1ccccc1. The molecule has 1 aromatic carbocycles. The first-order valence-electron chi connectivity index (χ1n) is 8.60. The smallest absolute Gasteiger partial charge is 0.263 e. The lowest BCUT2D eigenvalue weighted by molar-refractivity contribution is 0.420. The maximum atomic E-state index is 13.2. The molecule has 4 heterocycles. The Balaban J connectivity index is 1.58. The first kappa shape index (κ1) is 17.0. The van der Waals surface area contributed by atoms with Crippen LogP contribution in [0.2, 0.25) is 0 Å². The van der Waals surface area contributed by atoms with Gasteiger partial charge in [0.15, 0.2) is 5.82 Å². The van der Waals surface area contributed by atoms with Gasteiger partial charge >= 0.3 is 0 Å². The van der Waals surface area contributed by atoms with E-state index in [1.807, 2.05) is 54.1 Å². The molecule has 0 unspecified atom stereocenters. The largest absolute Gasteiger partial charge is 0.334 e. The van der Waals surface area contributed by atoms with Crippen LogP contribution in [0.15, 0.2) is 62.8 Å². The second-order valence-corrected chi connectivity index (χ2v) is 8.27. The van der Waals surface area contributed by atoms with Gasteiger partial charge in [-0.05, 0) is 23.9 Å². The van der Waals surface area contributed by atoms with Crippen molar-refractivity contribution in [2.75, 3.05) is 0 Å². The lowest BCUT2D eigenvalue weighted by Gasteiger charge is -2.04. The van der Waals surface area contributed by atoms with Crippen LogP contribution in [0.4, 0.5) is 0 Å². The van der Waals surface area contributed by atoms with Gasteiger partial charge in [0.2, 0.25) is 0 Å². The lowest BCUT2D eigenvalue weighted by atomic mass is 10.0. The van der Waals surface area contributed by atoms with Crippen molar-refractivity contribution in [3.8, 4) is 22.6 Å². The molecule has 0 aliphatic heterocycles. The minimum absolute atomic E-state index is 0.102. The second-order valence-electron chi connectivity index (χ2n) is 6.28. The molecule has 0 bridgehead atoms. The number of fused-ring (bicyclic) bond motifs is 1. The van der Waals surface area contributed by atoms with Crippen LogP contribution < -0.4 is 5.56 Å². The number of aromatic nitrogens is 4. The zero-order valence-electron chi connectivity index (χ0n) is 14.8. The third-order valence-corrected chi connectivity index (χ3v) is 6.16. The van der Waals surface area contributed by atoms with Gasteiger partial charge in [0.25, 0.3) is 11.4 Å². The van der Waals surface area contributed by atoms with Crippen LogP contribution in [0.1, 0.15) is 10.7 Å². The zero-order chi connectivity index (χ0) is 19.1. The summed E-state index contributed by atoms with van der Waals surface area (Å²) in [6.07, 6.45) is 1.55. The van der Waals surface area contributed by atoms with Crippen molar-refractivity contribution in [2.45, 2.75) is 13.5 Å². The minimum atomic E-state index is -0.102. The summed E-state index contributed by atoms with van der Waals surface area (Å²) in [5, 5.41) is 8.54. The molecule has 138 valence electrons. The van der Waals surface area contributed by atoms with Gasteiger partial charge in [0, 0.05) is 15.8 Å². The second kappa shape index (κ2) is 6.81. The van der Waals surface area contributed by atoms with E-state index in [0.29, 0.717) is 17.1 Å². The Bertz CT molecular complexity index is 1320. The molecule has 6 nitrogen and oxygen atoms in total. The van der Waals surface area contributed by atoms with Crippen LogP contribution in [-0.4, -0.2) is 19.7 Å². The Hall–Kier alpha value is -3.10. The summed E-state index contributed by atoms with van der Waals surface area (Å²) in [6, 6.07) is 11.8. The van der Waals surface area contributed by atoms with Crippen LogP contribution in [0.3, 0.4) is 0 Å². The van der Waals surface area contributed by atoms with E-state index in [-0.39, 0.29) is 12.1 Å². The monoisotopic (exact) mass is 406 g/mol. The summed E-state index contributed by atoms with van der Waals surface area (Å²) in [5.41, 5.74) is 2.74. The number of benzene rings is 1. The molecule has 0 saturated heterocycles. The van der Waals surface area contributed by atoms with E-state index < -0.39 is 0 Å². The van der Waals surface area contributed by atoms with Crippen LogP contribution >= 0.6 is 22.7 Å². The Labute approximate surface area is 167 Å². The van der Waals surface area contributed by atoms with Crippen LogP contribution in [0.25, 0.3) is 32.8 Å². The van der Waals surface area contributed by atoms with E-state index in [2.05, 4.69) is 15.1 Å². The molecular formula is C20H14N4O2S2. The summed E-state index contributed by atoms with van der Waals surface area (Å²) in [6.45, 7) is 2.23. The van der Waals surface area contributed by atoms with E-state index in [1.165, 1.54) is 15.9 Å². The van der Waals surface area contributed by atoms with Crippen molar-refractivity contribution in [2.24, 2.45) is 0 Å². The fourth-order valence-electron chi connectivity index (χ4n) is 3.18. The quantitative estimate of drug-likeness (QED) is 0.436. The van der Waals surface area contributed by atoms with Crippen molar-refractivity contribution in [3.05, 3.63) is 74.5 Å². The fourth-order valence-corrected chi connectivity index (χ4v) is 4.81. The highest BCUT2D eigenvalue weighted by Crippen LogP contribution is 2.35. The molecule has 5 aromatic rings. The third kappa shape index (κ3) is 2.87. The highest BCUT2D eigenvalue weighted by molar-refractivity contribution is 7.19. The van der Waals surface area contributed by atoms with Crippen LogP contribution in [0.5, 0.6) is 0 Å². The highest BCUT2D eigenvalue weighted by atomic mass is 32.1. The number of nitrogens with zero attached hydrogens (tertiary/aromatic N) is 4. The van der Waals surface area contributed by atoms with Gasteiger partial charge < -0.3 is 4.52 Å². The van der Waals surface area contributed by atoms with Gasteiger partial charge in [-0.25, -0.2) is 4.98 Å². The summed E-state index contributed by atoms with van der Waals surface area (Å²) < 4.78 is 6.85. The van der Waals surface area contributed by atoms with Crippen LogP contribution in [0, 0.1) is 6.92 Å². The number of hydrogen-bond donors (Lipinski definition) is 0. The first-order valence-corrected chi connectivity index (χ1v) is 10.4. The van der Waals surface area contributed by atoms with Gasteiger partial charge in [0.1, 0.15) is 4.83 Å². The number of aryl methyl sites for hydroxylation is 1. The average Bonchev–Trinajstić information content (AvgIpc) is 3.44. The maximum absolute atomic E-state index is 13.2. The Morgan fingerprint density at radius 2 is 2.00 bits per heavy atom. The predicted molar refractivity (Wildman–Crippen MR) is 111 cm³/mol. The molecule has 0 N–H and O–H groups in total. The van der Waals surface area contributed by atoms with Crippen molar-refractivity contribution in [1.82, 2.24) is 19.7 Å². The standard InChI is InChI=1S/C20H14N4O2S2/c1-12-16(13-5-3-2-4-6-13)17-19(28-12)21-11-24(20(17)25)9-15-22-18(26-23-15)14-7-8-27-10-14/h2-8,10-11H,9H2,1H3. The van der Waals surface area contributed by atoms with E-state index in [1.54, 1.807) is 17.7 Å². The molecule has 0 aliphatic carbocycles. The molecule has 5 rings (SSSR count). The van der Waals surface area contributed by atoms with Crippen molar-refractivity contribution >= 4 is 32.9 Å². The molecular weight excluding hydrogens is 392 g/mol. The fraction of sp³-hybridized carbons (Fsp3) is 0.100. The molecule has 0 saturated carbocycles. The van der Waals surface area contributed by atoms with Gasteiger partial charge in [-0.3, -0.25) is 9.36 Å². The maximum Gasteiger partial charge on any atom is 0.263 e. The zero-order valence-corrected chi connectivity index (χ0v) is 16.5. The molecule has 28 heavy (non-hydrogen) atoms. The first-order chi connectivity index (χ1) is 13.7. The van der Waals surface area contributed by atoms with Crippen molar-refractivity contribution in [3.63, 3.8) is 0 Å². The van der Waals surface area contributed by atoms with E-state index >= 15 is 0 Å². The summed E-state index contributed by atoms with van der Waals surface area (Å²) in [4.78, 5) is 23.9. The average molecular weight is 406 g/mol. The van der Waals surface area contributed by atoms with Crippen molar-refractivity contribution < 1.29 is 4.52 Å². The molecule has 0 spiro atoms. The molecule has 0 aliphatic rings. The highest BCUT2D eigenvalue weighted by Gasteiger charge is 2.18. The Morgan fingerprint density at radius 1 is 1.14 bits per heavy atom. The van der Waals surface area contributed by atoms with E-state index in [4.69, 9.17) is 4.52 Å². The summed E-state index contributed by atoms with van der Waals surface area (Å²) in [5.74, 6) is 0.896. The van der Waals surface area contributed by atoms with Gasteiger partial charge in [-0.15, -0.1) is 11.3 Å². The Kier molecular flexibility index (Phi) is 4.14. The van der Waals surface area contributed by atoms with E-state index in [0.717, 1.165) is 26.4 Å². The summed E-state index contributed by atoms with van der Waals surface area (Å²) in [7, 11) is 0. The van der Waals surface area contributed by atoms with E-state index in [9.17, 15) is 4.79 Å². The van der Waals surface area contributed by atoms with Gasteiger partial charge in [-0.2, -0.15) is 16.3 Å². The Morgan fingerprint density at radius 3 is 2.79 bits per heavy atom. The number of hydrogen-bond acceptors (Lipinski definition) is 7. The molecule has 0 amide bonds. The molecule has 8 heteroatoms. The number of rotatable bonds is 4. The van der Waals surface area contributed by atoms with Gasteiger partial charge in [-0.1, -0.05) is 35.5 Å². The number of thiophene rings is 2. The van der Waals surface area contributed by atoms with Crippen molar-refractivity contribution in [1.29, 1.82) is 0 Å².